The van der Waals surface area contributed by atoms with Crippen LogP contribution in [0, 0.1) is 5.41 Å². The van der Waals surface area contributed by atoms with Gasteiger partial charge in [0.25, 0.3) is 0 Å². The Kier molecular flexibility index (Phi) is 8.46. The highest BCUT2D eigenvalue weighted by Gasteiger charge is 2.36. The standard InChI is InChI=1S/C15H30N2O3/c1-6-15(7-2,14(19)20)11-13(18)16-9-8-10-17(5)12(3)4/h12H,6-11H2,1-5H3,(H,16,18)(H,19,20). The lowest BCUT2D eigenvalue weighted by Gasteiger charge is -2.26. The number of carbonyl (C=O) groups excluding carboxylic acids is 1. The predicted molar refractivity (Wildman–Crippen MR) is 80.7 cm³/mol. The van der Waals surface area contributed by atoms with Gasteiger partial charge in [0, 0.05) is 19.0 Å². The van der Waals surface area contributed by atoms with Crippen LogP contribution in [0.1, 0.15) is 53.4 Å². The Morgan fingerprint density at radius 2 is 1.80 bits per heavy atom. The summed E-state index contributed by atoms with van der Waals surface area (Å²) in [5, 5.41) is 12.1. The van der Waals surface area contributed by atoms with E-state index in [-0.39, 0.29) is 12.3 Å². The molecule has 5 heteroatoms. The molecule has 0 fully saturated rings. The van der Waals surface area contributed by atoms with Crippen molar-refractivity contribution in [3.63, 3.8) is 0 Å². The van der Waals surface area contributed by atoms with Gasteiger partial charge in [-0.3, -0.25) is 9.59 Å². The fraction of sp³-hybridized carbons (Fsp3) is 0.867. The lowest BCUT2D eigenvalue weighted by Crippen LogP contribution is -2.38. The van der Waals surface area contributed by atoms with E-state index in [1.54, 1.807) is 0 Å². The van der Waals surface area contributed by atoms with Gasteiger partial charge in [0.1, 0.15) is 0 Å². The van der Waals surface area contributed by atoms with Crippen molar-refractivity contribution in [3.05, 3.63) is 0 Å². The summed E-state index contributed by atoms with van der Waals surface area (Å²) in [4.78, 5) is 25.4. The fourth-order valence-electron chi connectivity index (χ4n) is 2.06. The zero-order chi connectivity index (χ0) is 15.8. The molecule has 0 aromatic rings. The summed E-state index contributed by atoms with van der Waals surface area (Å²) >= 11 is 0. The molecule has 0 saturated carbocycles. The minimum absolute atomic E-state index is 0.0648. The van der Waals surface area contributed by atoms with E-state index < -0.39 is 11.4 Å². The number of nitrogens with zero attached hydrogens (tertiary/aromatic N) is 1. The van der Waals surface area contributed by atoms with E-state index in [4.69, 9.17) is 0 Å². The third-order valence-corrected chi connectivity index (χ3v) is 4.20. The van der Waals surface area contributed by atoms with Gasteiger partial charge < -0.3 is 15.3 Å². The van der Waals surface area contributed by atoms with Crippen LogP contribution in [0.15, 0.2) is 0 Å². The monoisotopic (exact) mass is 286 g/mol. The number of carbonyl (C=O) groups is 2. The summed E-state index contributed by atoms with van der Waals surface area (Å²) in [7, 11) is 2.05. The number of hydrogen-bond acceptors (Lipinski definition) is 3. The Labute approximate surface area is 122 Å². The highest BCUT2D eigenvalue weighted by atomic mass is 16.4. The number of rotatable bonds is 10. The molecule has 118 valence electrons. The van der Waals surface area contributed by atoms with Gasteiger partial charge in [0.05, 0.1) is 5.41 Å². The van der Waals surface area contributed by atoms with E-state index in [1.165, 1.54) is 0 Å². The van der Waals surface area contributed by atoms with Crippen LogP contribution in [-0.2, 0) is 9.59 Å². The van der Waals surface area contributed by atoms with Gasteiger partial charge in [-0.05, 0) is 46.7 Å². The van der Waals surface area contributed by atoms with Gasteiger partial charge in [0.15, 0.2) is 0 Å². The second kappa shape index (κ2) is 8.95. The van der Waals surface area contributed by atoms with Crippen molar-refractivity contribution in [1.29, 1.82) is 0 Å². The van der Waals surface area contributed by atoms with Crippen molar-refractivity contribution in [2.45, 2.75) is 59.4 Å². The maximum atomic E-state index is 11.9. The first kappa shape index (κ1) is 18.9. The molecule has 2 N–H and O–H groups in total. The van der Waals surface area contributed by atoms with Crippen LogP contribution in [-0.4, -0.2) is 48.1 Å². The second-order valence-corrected chi connectivity index (χ2v) is 5.75. The molecule has 0 unspecified atom stereocenters. The van der Waals surface area contributed by atoms with Gasteiger partial charge in [-0.15, -0.1) is 0 Å². The minimum Gasteiger partial charge on any atom is -0.481 e. The molecule has 0 aromatic heterocycles. The lowest BCUT2D eigenvalue weighted by molar-refractivity contribution is -0.152. The van der Waals surface area contributed by atoms with Crippen molar-refractivity contribution in [1.82, 2.24) is 10.2 Å². The van der Waals surface area contributed by atoms with Crippen LogP contribution >= 0.6 is 0 Å². The predicted octanol–water partition coefficient (Wildman–Crippen LogP) is 2.11. The van der Waals surface area contributed by atoms with Gasteiger partial charge in [-0.25, -0.2) is 0 Å². The number of nitrogens with one attached hydrogen (secondary N) is 1. The van der Waals surface area contributed by atoms with Crippen LogP contribution in [0.2, 0.25) is 0 Å². The summed E-state index contributed by atoms with van der Waals surface area (Å²) in [6.45, 7) is 9.41. The number of carboxylic acids is 1. The van der Waals surface area contributed by atoms with E-state index >= 15 is 0 Å². The van der Waals surface area contributed by atoms with Crippen LogP contribution in [0.3, 0.4) is 0 Å². The molecule has 0 aliphatic rings. The molecule has 1 amide bonds. The van der Waals surface area contributed by atoms with Crippen molar-refractivity contribution < 1.29 is 14.7 Å². The van der Waals surface area contributed by atoms with Crippen LogP contribution in [0.5, 0.6) is 0 Å². The normalized spacial score (nSPS) is 11.9. The molecule has 0 rings (SSSR count). The first-order valence-corrected chi connectivity index (χ1v) is 7.49. The molecule has 0 aliphatic heterocycles. The SMILES string of the molecule is CCC(CC)(CC(=O)NCCCN(C)C(C)C)C(=O)O. The average molecular weight is 286 g/mol. The Morgan fingerprint density at radius 1 is 1.25 bits per heavy atom. The number of amides is 1. The van der Waals surface area contributed by atoms with Crippen LogP contribution < -0.4 is 5.32 Å². The Bertz CT molecular complexity index is 312. The lowest BCUT2D eigenvalue weighted by atomic mass is 9.79. The second-order valence-electron chi connectivity index (χ2n) is 5.75. The maximum absolute atomic E-state index is 11.9. The first-order chi connectivity index (χ1) is 9.29. The van der Waals surface area contributed by atoms with Gasteiger partial charge >= 0.3 is 5.97 Å². The number of hydrogen-bond donors (Lipinski definition) is 2. The zero-order valence-corrected chi connectivity index (χ0v) is 13.5. The maximum Gasteiger partial charge on any atom is 0.310 e. The van der Waals surface area contributed by atoms with E-state index in [2.05, 4.69) is 31.1 Å². The summed E-state index contributed by atoms with van der Waals surface area (Å²) in [5.74, 6) is -1.04. The molecule has 20 heavy (non-hydrogen) atoms. The Hall–Kier alpha value is -1.10. The van der Waals surface area contributed by atoms with Gasteiger partial charge in [-0.1, -0.05) is 13.8 Å². The third kappa shape index (κ3) is 5.90. The average Bonchev–Trinajstić information content (AvgIpc) is 2.40. The van der Waals surface area contributed by atoms with Crippen molar-refractivity contribution >= 4 is 11.9 Å². The Morgan fingerprint density at radius 3 is 2.20 bits per heavy atom. The quantitative estimate of drug-likeness (QED) is 0.604. The minimum atomic E-state index is -0.918. The van der Waals surface area contributed by atoms with Crippen molar-refractivity contribution in [2.24, 2.45) is 5.41 Å². The highest BCUT2D eigenvalue weighted by Crippen LogP contribution is 2.30. The molecule has 0 aliphatic carbocycles. The molecule has 0 aromatic carbocycles. The van der Waals surface area contributed by atoms with E-state index in [1.807, 2.05) is 13.8 Å². The molecule has 0 spiro atoms. The van der Waals surface area contributed by atoms with Crippen LogP contribution in [0.4, 0.5) is 0 Å². The number of carboxylic acid groups (broad SMARTS) is 1. The van der Waals surface area contributed by atoms with Crippen LogP contribution in [0.25, 0.3) is 0 Å². The Balaban J connectivity index is 4.13. The largest absolute Gasteiger partial charge is 0.481 e. The number of aliphatic carboxylic acids is 1. The first-order valence-electron chi connectivity index (χ1n) is 7.49. The van der Waals surface area contributed by atoms with Crippen molar-refractivity contribution in [3.8, 4) is 0 Å². The summed E-state index contributed by atoms with van der Waals surface area (Å²) in [6, 6.07) is 0.491. The molecular formula is C15H30N2O3. The third-order valence-electron chi connectivity index (χ3n) is 4.20. The summed E-state index contributed by atoms with van der Waals surface area (Å²) in [5.41, 5.74) is -0.918. The highest BCUT2D eigenvalue weighted by molar-refractivity contribution is 5.84. The van der Waals surface area contributed by atoms with E-state index in [0.29, 0.717) is 25.4 Å². The van der Waals surface area contributed by atoms with E-state index in [0.717, 1.165) is 13.0 Å². The smallest absolute Gasteiger partial charge is 0.310 e. The molecule has 5 nitrogen and oxygen atoms in total. The van der Waals surface area contributed by atoms with E-state index in [9.17, 15) is 14.7 Å². The molecule has 0 bridgehead atoms. The summed E-state index contributed by atoms with van der Waals surface area (Å²) in [6.07, 6.45) is 1.89. The molecule has 0 saturated heterocycles. The molecule has 0 radical (unpaired) electrons. The summed E-state index contributed by atoms with van der Waals surface area (Å²) < 4.78 is 0. The topological polar surface area (TPSA) is 69.6 Å². The molecule has 0 heterocycles. The zero-order valence-electron chi connectivity index (χ0n) is 13.5. The molecule has 0 atom stereocenters. The van der Waals surface area contributed by atoms with Gasteiger partial charge in [-0.2, -0.15) is 0 Å². The van der Waals surface area contributed by atoms with Crippen molar-refractivity contribution in [2.75, 3.05) is 20.1 Å². The van der Waals surface area contributed by atoms with Gasteiger partial charge in [0.2, 0.25) is 5.91 Å². The molecular weight excluding hydrogens is 256 g/mol. The fourth-order valence-corrected chi connectivity index (χ4v) is 2.06.